The van der Waals surface area contributed by atoms with E-state index in [1.165, 1.54) is 0 Å². The molecule has 5 heteroatoms. The van der Waals surface area contributed by atoms with Crippen molar-refractivity contribution in [2.75, 3.05) is 0 Å². The normalized spacial score (nSPS) is 12.4. The van der Waals surface area contributed by atoms with Gasteiger partial charge in [-0.2, -0.15) is 0 Å². The fourth-order valence-corrected chi connectivity index (χ4v) is 1.47. The number of unbranched alkanes of at least 4 members (excludes halogenated alkanes) is 1. The van der Waals surface area contributed by atoms with Crippen LogP contribution in [0, 0.1) is 6.92 Å². The largest absolute Gasteiger partial charge is 0.480 e. The molecule has 0 fully saturated rings. The van der Waals surface area contributed by atoms with E-state index >= 15 is 0 Å². The molecule has 0 unspecified atom stereocenters. The van der Waals surface area contributed by atoms with Crippen LogP contribution in [0.15, 0.2) is 12.4 Å². The zero-order valence-corrected chi connectivity index (χ0v) is 10.3. The summed E-state index contributed by atoms with van der Waals surface area (Å²) in [5, 5.41) is 12.0. The number of nitrogens with zero attached hydrogens (tertiary/aromatic N) is 2. The summed E-state index contributed by atoms with van der Waals surface area (Å²) in [7, 11) is 0. The maximum atomic E-state index is 11.0. The predicted molar refractivity (Wildman–Crippen MR) is 64.6 cm³/mol. The van der Waals surface area contributed by atoms with Gasteiger partial charge in [0.2, 0.25) is 0 Å². The van der Waals surface area contributed by atoms with E-state index in [0.717, 1.165) is 24.2 Å². The molecule has 0 amide bonds. The molecule has 0 aliphatic carbocycles. The molecule has 0 radical (unpaired) electrons. The number of hydrogen-bond acceptors (Lipinski definition) is 4. The SMILES string of the molecule is CCCC[C@@H](NCc1cnc(C)nc1)C(=O)O. The highest BCUT2D eigenvalue weighted by Crippen LogP contribution is 2.03. The van der Waals surface area contributed by atoms with Crippen LogP contribution in [0.5, 0.6) is 0 Å². The summed E-state index contributed by atoms with van der Waals surface area (Å²) in [6, 6.07) is -0.490. The standard InChI is InChI=1S/C12H19N3O2/c1-3-4-5-11(12(16)17)15-8-10-6-13-9(2)14-7-10/h6-7,11,15H,3-5,8H2,1-2H3,(H,16,17)/t11-/m1/s1. The van der Waals surface area contributed by atoms with E-state index in [2.05, 4.69) is 15.3 Å². The Bertz CT molecular complexity index is 351. The maximum Gasteiger partial charge on any atom is 0.320 e. The molecule has 0 aromatic carbocycles. The summed E-state index contributed by atoms with van der Waals surface area (Å²) in [5.41, 5.74) is 0.901. The van der Waals surface area contributed by atoms with Crippen LogP contribution in [0.1, 0.15) is 37.6 Å². The molecule has 0 aliphatic heterocycles. The Labute approximate surface area is 101 Å². The molecule has 5 nitrogen and oxygen atoms in total. The Kier molecular flexibility index (Phi) is 5.56. The Hall–Kier alpha value is -1.49. The van der Waals surface area contributed by atoms with Crippen LogP contribution in [-0.2, 0) is 11.3 Å². The van der Waals surface area contributed by atoms with E-state index in [9.17, 15) is 4.79 Å². The lowest BCUT2D eigenvalue weighted by Crippen LogP contribution is -2.36. The molecule has 1 aromatic rings. The average molecular weight is 237 g/mol. The number of carboxylic acids is 1. The summed E-state index contributed by atoms with van der Waals surface area (Å²) in [6.07, 6.45) is 5.99. The van der Waals surface area contributed by atoms with Gasteiger partial charge in [-0.05, 0) is 13.3 Å². The van der Waals surface area contributed by atoms with Gasteiger partial charge in [0.15, 0.2) is 0 Å². The summed E-state index contributed by atoms with van der Waals surface area (Å²) in [5.74, 6) is -0.0824. The zero-order valence-electron chi connectivity index (χ0n) is 10.3. The van der Waals surface area contributed by atoms with Crippen molar-refractivity contribution < 1.29 is 9.90 Å². The van der Waals surface area contributed by atoms with E-state index in [4.69, 9.17) is 5.11 Å². The number of aliphatic carboxylic acids is 1. The van der Waals surface area contributed by atoms with Crippen LogP contribution < -0.4 is 5.32 Å². The van der Waals surface area contributed by atoms with Crippen molar-refractivity contribution in [2.45, 2.75) is 45.7 Å². The number of hydrogen-bond donors (Lipinski definition) is 2. The van der Waals surface area contributed by atoms with Crippen molar-refractivity contribution >= 4 is 5.97 Å². The first-order valence-corrected chi connectivity index (χ1v) is 5.87. The Balaban J connectivity index is 2.45. The monoisotopic (exact) mass is 237 g/mol. The molecule has 1 rings (SSSR count). The summed E-state index contributed by atoms with van der Waals surface area (Å²) >= 11 is 0. The van der Waals surface area contributed by atoms with Gasteiger partial charge in [0.05, 0.1) is 0 Å². The first-order valence-electron chi connectivity index (χ1n) is 5.87. The second kappa shape index (κ2) is 6.96. The van der Waals surface area contributed by atoms with Gasteiger partial charge in [0.1, 0.15) is 11.9 Å². The molecule has 0 aliphatic rings. The molecule has 17 heavy (non-hydrogen) atoms. The van der Waals surface area contributed by atoms with Crippen molar-refractivity contribution in [1.82, 2.24) is 15.3 Å². The number of carbonyl (C=O) groups is 1. The van der Waals surface area contributed by atoms with Gasteiger partial charge < -0.3 is 10.4 Å². The highest BCUT2D eigenvalue weighted by Gasteiger charge is 2.15. The Morgan fingerprint density at radius 2 is 2.12 bits per heavy atom. The zero-order chi connectivity index (χ0) is 12.7. The van der Waals surface area contributed by atoms with Crippen LogP contribution in [0.2, 0.25) is 0 Å². The molecule has 0 saturated heterocycles. The van der Waals surface area contributed by atoms with E-state index in [1.54, 1.807) is 12.4 Å². The van der Waals surface area contributed by atoms with Gasteiger partial charge in [0, 0.05) is 24.5 Å². The third kappa shape index (κ3) is 4.91. The lowest BCUT2D eigenvalue weighted by molar-refractivity contribution is -0.139. The first kappa shape index (κ1) is 13.6. The number of aromatic nitrogens is 2. The topological polar surface area (TPSA) is 75.1 Å². The third-order valence-electron chi connectivity index (χ3n) is 2.53. The second-order valence-electron chi connectivity index (χ2n) is 4.05. The highest BCUT2D eigenvalue weighted by molar-refractivity contribution is 5.73. The van der Waals surface area contributed by atoms with Gasteiger partial charge in [0.25, 0.3) is 0 Å². The summed E-state index contributed by atoms with van der Waals surface area (Å²) in [6.45, 7) is 4.35. The molecule has 0 bridgehead atoms. The van der Waals surface area contributed by atoms with E-state index in [1.807, 2.05) is 13.8 Å². The quantitative estimate of drug-likeness (QED) is 0.752. The van der Waals surface area contributed by atoms with Gasteiger partial charge in [-0.15, -0.1) is 0 Å². The van der Waals surface area contributed by atoms with Gasteiger partial charge in [-0.3, -0.25) is 4.79 Å². The number of nitrogens with one attached hydrogen (secondary N) is 1. The highest BCUT2D eigenvalue weighted by atomic mass is 16.4. The van der Waals surface area contributed by atoms with Crippen molar-refractivity contribution in [3.05, 3.63) is 23.8 Å². The minimum atomic E-state index is -0.800. The lowest BCUT2D eigenvalue weighted by Gasteiger charge is -2.13. The molecule has 0 saturated carbocycles. The number of aryl methyl sites for hydroxylation is 1. The molecule has 94 valence electrons. The summed E-state index contributed by atoms with van der Waals surface area (Å²) in [4.78, 5) is 19.1. The van der Waals surface area contributed by atoms with Crippen LogP contribution in [0.3, 0.4) is 0 Å². The van der Waals surface area contributed by atoms with Crippen LogP contribution in [0.25, 0.3) is 0 Å². The molecule has 1 atom stereocenters. The van der Waals surface area contributed by atoms with E-state index in [-0.39, 0.29) is 0 Å². The number of carboxylic acid groups (broad SMARTS) is 1. The predicted octanol–water partition coefficient (Wildman–Crippen LogP) is 1.52. The maximum absolute atomic E-state index is 11.0. The smallest absolute Gasteiger partial charge is 0.320 e. The summed E-state index contributed by atoms with van der Waals surface area (Å²) < 4.78 is 0. The Morgan fingerprint density at radius 3 is 2.65 bits per heavy atom. The van der Waals surface area contributed by atoms with E-state index < -0.39 is 12.0 Å². The molecule has 1 aromatic heterocycles. The van der Waals surface area contributed by atoms with Crippen LogP contribution in [-0.4, -0.2) is 27.1 Å². The second-order valence-corrected chi connectivity index (χ2v) is 4.05. The minimum absolute atomic E-state index is 0.487. The van der Waals surface area contributed by atoms with Crippen LogP contribution in [0.4, 0.5) is 0 Å². The molecule has 2 N–H and O–H groups in total. The van der Waals surface area contributed by atoms with Crippen LogP contribution >= 0.6 is 0 Å². The van der Waals surface area contributed by atoms with Gasteiger partial charge >= 0.3 is 5.97 Å². The minimum Gasteiger partial charge on any atom is -0.480 e. The van der Waals surface area contributed by atoms with E-state index in [0.29, 0.717) is 13.0 Å². The number of rotatable bonds is 7. The van der Waals surface area contributed by atoms with Crippen molar-refractivity contribution in [3.8, 4) is 0 Å². The van der Waals surface area contributed by atoms with Crippen molar-refractivity contribution in [2.24, 2.45) is 0 Å². The third-order valence-corrected chi connectivity index (χ3v) is 2.53. The van der Waals surface area contributed by atoms with Crippen molar-refractivity contribution in [3.63, 3.8) is 0 Å². The Morgan fingerprint density at radius 1 is 1.47 bits per heavy atom. The average Bonchev–Trinajstić information content (AvgIpc) is 2.31. The molecule has 1 heterocycles. The fourth-order valence-electron chi connectivity index (χ4n) is 1.47. The molecule has 0 spiro atoms. The van der Waals surface area contributed by atoms with Gasteiger partial charge in [-0.1, -0.05) is 19.8 Å². The van der Waals surface area contributed by atoms with Gasteiger partial charge in [-0.25, -0.2) is 9.97 Å². The fraction of sp³-hybridized carbons (Fsp3) is 0.583. The lowest BCUT2D eigenvalue weighted by atomic mass is 10.1. The molecular weight excluding hydrogens is 218 g/mol. The first-order chi connectivity index (χ1) is 8.13. The van der Waals surface area contributed by atoms with Crippen molar-refractivity contribution in [1.29, 1.82) is 0 Å². The molecular formula is C12H19N3O2.